The molecule has 7 heteroatoms. The van der Waals surface area contributed by atoms with E-state index in [9.17, 15) is 18.0 Å². The first-order valence-corrected chi connectivity index (χ1v) is 5.94. The molecule has 1 rings (SSSR count). The molecule has 0 aliphatic heterocycles. The van der Waals surface area contributed by atoms with Gasteiger partial charge in [0.2, 0.25) is 0 Å². The van der Waals surface area contributed by atoms with Crippen molar-refractivity contribution >= 4 is 5.97 Å². The zero-order valence-corrected chi connectivity index (χ0v) is 11.0. The maximum absolute atomic E-state index is 12.9. The molecule has 0 fully saturated rings. The summed E-state index contributed by atoms with van der Waals surface area (Å²) in [6.07, 6.45) is 0.707. The monoisotopic (exact) mass is 292 g/mol. The van der Waals surface area contributed by atoms with E-state index in [0.29, 0.717) is 31.8 Å². The number of rotatable bonds is 8. The first kappa shape index (κ1) is 16.5. The zero-order valence-electron chi connectivity index (χ0n) is 11.0. The van der Waals surface area contributed by atoms with Crippen molar-refractivity contribution in [1.82, 2.24) is 0 Å². The van der Waals surface area contributed by atoms with Crippen LogP contribution in [-0.2, 0) is 14.2 Å². The van der Waals surface area contributed by atoms with Crippen LogP contribution in [0.3, 0.4) is 0 Å². The number of hydrogen-bond acceptors (Lipinski definition) is 4. The van der Waals surface area contributed by atoms with Crippen LogP contribution in [0.4, 0.5) is 13.2 Å². The Bertz CT molecular complexity index is 428. The van der Waals surface area contributed by atoms with Crippen molar-refractivity contribution in [2.24, 2.45) is 0 Å². The number of benzene rings is 1. The molecule has 0 aliphatic carbocycles. The summed E-state index contributed by atoms with van der Waals surface area (Å²) in [7, 11) is 1.57. The lowest BCUT2D eigenvalue weighted by atomic mass is 10.2. The highest BCUT2D eigenvalue weighted by molar-refractivity contribution is 5.89. The number of halogens is 3. The second kappa shape index (κ2) is 8.55. The lowest BCUT2D eigenvalue weighted by Gasteiger charge is -2.06. The van der Waals surface area contributed by atoms with Crippen LogP contribution in [0.25, 0.3) is 0 Å². The summed E-state index contributed by atoms with van der Waals surface area (Å²) < 4.78 is 53.2. The Labute approximate surface area is 114 Å². The van der Waals surface area contributed by atoms with Crippen LogP contribution < -0.4 is 0 Å². The highest BCUT2D eigenvalue weighted by Gasteiger charge is 2.15. The van der Waals surface area contributed by atoms with Gasteiger partial charge in [0.15, 0.2) is 17.5 Å². The predicted molar refractivity (Wildman–Crippen MR) is 63.9 cm³/mol. The summed E-state index contributed by atoms with van der Waals surface area (Å²) in [5.74, 6) is -5.44. The maximum Gasteiger partial charge on any atom is 0.338 e. The van der Waals surface area contributed by atoms with Gasteiger partial charge < -0.3 is 14.2 Å². The minimum absolute atomic E-state index is 0.0631. The molecule has 0 saturated carbocycles. The third kappa shape index (κ3) is 5.18. The number of esters is 1. The molecule has 0 amide bonds. The summed E-state index contributed by atoms with van der Waals surface area (Å²) >= 11 is 0. The fourth-order valence-corrected chi connectivity index (χ4v) is 1.36. The first-order chi connectivity index (χ1) is 9.56. The van der Waals surface area contributed by atoms with Crippen LogP contribution in [-0.4, -0.2) is 39.5 Å². The van der Waals surface area contributed by atoms with Gasteiger partial charge in [-0.05, 0) is 18.6 Å². The van der Waals surface area contributed by atoms with Crippen LogP contribution in [0.15, 0.2) is 12.1 Å². The highest BCUT2D eigenvalue weighted by atomic mass is 19.2. The van der Waals surface area contributed by atoms with Gasteiger partial charge >= 0.3 is 5.97 Å². The minimum atomic E-state index is -1.62. The van der Waals surface area contributed by atoms with E-state index in [0.717, 1.165) is 0 Å². The van der Waals surface area contributed by atoms with Gasteiger partial charge in [-0.3, -0.25) is 0 Å². The smallest absolute Gasteiger partial charge is 0.338 e. The van der Waals surface area contributed by atoms with Gasteiger partial charge in [-0.15, -0.1) is 0 Å². The highest BCUT2D eigenvalue weighted by Crippen LogP contribution is 2.14. The van der Waals surface area contributed by atoms with Crippen molar-refractivity contribution in [2.75, 3.05) is 33.5 Å². The molecule has 0 atom stereocenters. The lowest BCUT2D eigenvalue weighted by Crippen LogP contribution is -2.12. The van der Waals surface area contributed by atoms with Crippen molar-refractivity contribution in [3.05, 3.63) is 35.1 Å². The molecule has 0 N–H and O–H groups in total. The Kier molecular flexibility index (Phi) is 7.03. The van der Waals surface area contributed by atoms with Crippen molar-refractivity contribution < 1.29 is 32.2 Å². The fraction of sp³-hybridized carbons (Fsp3) is 0.462. The quantitative estimate of drug-likeness (QED) is 0.419. The van der Waals surface area contributed by atoms with Crippen LogP contribution in [0.2, 0.25) is 0 Å². The molecule has 4 nitrogen and oxygen atoms in total. The van der Waals surface area contributed by atoms with Gasteiger partial charge in [-0.2, -0.15) is 0 Å². The maximum atomic E-state index is 12.9. The second-order valence-electron chi connectivity index (χ2n) is 3.85. The number of hydrogen-bond donors (Lipinski definition) is 0. The molecule has 0 spiro atoms. The Balaban J connectivity index is 2.33. The Morgan fingerprint density at radius 2 is 1.70 bits per heavy atom. The van der Waals surface area contributed by atoms with E-state index in [4.69, 9.17) is 14.2 Å². The van der Waals surface area contributed by atoms with Crippen molar-refractivity contribution in [1.29, 1.82) is 0 Å². The van der Waals surface area contributed by atoms with Gasteiger partial charge in [0.05, 0.1) is 12.2 Å². The van der Waals surface area contributed by atoms with Gasteiger partial charge in [0.25, 0.3) is 0 Å². The largest absolute Gasteiger partial charge is 0.460 e. The van der Waals surface area contributed by atoms with E-state index in [1.807, 2.05) is 0 Å². The van der Waals surface area contributed by atoms with E-state index in [-0.39, 0.29) is 18.8 Å². The summed E-state index contributed by atoms with van der Waals surface area (Å²) in [5.41, 5.74) is -0.388. The molecule has 112 valence electrons. The second-order valence-corrected chi connectivity index (χ2v) is 3.85. The van der Waals surface area contributed by atoms with Crippen molar-refractivity contribution in [3.63, 3.8) is 0 Å². The minimum Gasteiger partial charge on any atom is -0.460 e. The third-order valence-electron chi connectivity index (χ3n) is 2.32. The third-order valence-corrected chi connectivity index (χ3v) is 2.32. The summed E-state index contributed by atoms with van der Waals surface area (Å²) in [6.45, 7) is 1.10. The number of carbonyl (C=O) groups is 1. The SMILES string of the molecule is COCCCOCCOC(=O)c1cc(F)c(F)c(F)c1. The average Bonchev–Trinajstić information content (AvgIpc) is 2.43. The van der Waals surface area contributed by atoms with Crippen molar-refractivity contribution in [3.8, 4) is 0 Å². The number of carbonyl (C=O) groups excluding carboxylic acids is 1. The van der Waals surface area contributed by atoms with Gasteiger partial charge in [0, 0.05) is 20.3 Å². The first-order valence-electron chi connectivity index (χ1n) is 5.94. The number of methoxy groups -OCH3 is 1. The molecule has 0 aliphatic rings. The molecule has 20 heavy (non-hydrogen) atoms. The van der Waals surface area contributed by atoms with Gasteiger partial charge in [-0.25, -0.2) is 18.0 Å². The molecular formula is C13H15F3O4. The molecule has 1 aromatic rings. The summed E-state index contributed by atoms with van der Waals surface area (Å²) in [6, 6.07) is 1.17. The van der Waals surface area contributed by atoms with E-state index in [2.05, 4.69) is 0 Å². The summed E-state index contributed by atoms with van der Waals surface area (Å²) in [4.78, 5) is 11.4. The molecule has 0 heterocycles. The lowest BCUT2D eigenvalue weighted by molar-refractivity contribution is 0.0287. The van der Waals surface area contributed by atoms with Crippen LogP contribution >= 0.6 is 0 Å². The van der Waals surface area contributed by atoms with Crippen LogP contribution in [0.5, 0.6) is 0 Å². The van der Waals surface area contributed by atoms with Crippen molar-refractivity contribution in [2.45, 2.75) is 6.42 Å². The molecule has 1 aromatic carbocycles. The average molecular weight is 292 g/mol. The molecule has 0 unspecified atom stereocenters. The molecular weight excluding hydrogens is 277 g/mol. The topological polar surface area (TPSA) is 44.8 Å². The Morgan fingerprint density at radius 1 is 1.05 bits per heavy atom. The Morgan fingerprint density at radius 3 is 2.30 bits per heavy atom. The van der Waals surface area contributed by atoms with E-state index < -0.39 is 23.4 Å². The van der Waals surface area contributed by atoms with Crippen LogP contribution in [0.1, 0.15) is 16.8 Å². The zero-order chi connectivity index (χ0) is 15.0. The van der Waals surface area contributed by atoms with Crippen LogP contribution in [0, 0.1) is 17.5 Å². The predicted octanol–water partition coefficient (Wildman–Crippen LogP) is 2.31. The van der Waals surface area contributed by atoms with E-state index in [1.165, 1.54) is 0 Å². The molecule has 0 radical (unpaired) electrons. The van der Waals surface area contributed by atoms with E-state index in [1.54, 1.807) is 7.11 Å². The van der Waals surface area contributed by atoms with Gasteiger partial charge in [0.1, 0.15) is 6.61 Å². The molecule has 0 saturated heterocycles. The molecule has 0 aromatic heterocycles. The Hall–Kier alpha value is -1.60. The summed E-state index contributed by atoms with van der Waals surface area (Å²) in [5, 5.41) is 0. The standard InChI is InChI=1S/C13H15F3O4/c1-18-3-2-4-19-5-6-20-13(17)9-7-10(14)12(16)11(15)8-9/h7-8H,2-6H2,1H3. The molecule has 0 bridgehead atoms. The fourth-order valence-electron chi connectivity index (χ4n) is 1.36. The van der Waals surface area contributed by atoms with E-state index >= 15 is 0 Å². The van der Waals surface area contributed by atoms with Gasteiger partial charge in [-0.1, -0.05) is 0 Å². The number of ether oxygens (including phenoxy) is 3. The normalized spacial score (nSPS) is 10.6.